The van der Waals surface area contributed by atoms with Crippen molar-refractivity contribution in [2.45, 2.75) is 20.3 Å². The van der Waals surface area contributed by atoms with Crippen molar-refractivity contribution in [3.8, 4) is 0 Å². The maximum atomic E-state index is 11.3. The molecule has 3 nitrogen and oxygen atoms in total. The molecule has 106 valence electrons. The fourth-order valence-corrected chi connectivity index (χ4v) is 2.37. The molecule has 0 unspecified atom stereocenters. The van der Waals surface area contributed by atoms with Crippen molar-refractivity contribution in [3.05, 3.63) is 42.0 Å². The molecule has 3 heteroatoms. The summed E-state index contributed by atoms with van der Waals surface area (Å²) in [7, 11) is 2.06. The van der Waals surface area contributed by atoms with Gasteiger partial charge in [0.15, 0.2) is 0 Å². The van der Waals surface area contributed by atoms with Gasteiger partial charge in [0.05, 0.1) is 5.56 Å². The number of hydrogen-bond acceptors (Lipinski definition) is 2. The second-order valence-corrected chi connectivity index (χ2v) is 5.59. The molecule has 2 aromatic rings. The van der Waals surface area contributed by atoms with Gasteiger partial charge >= 0.3 is 5.97 Å². The summed E-state index contributed by atoms with van der Waals surface area (Å²) < 4.78 is 0. The van der Waals surface area contributed by atoms with E-state index >= 15 is 0 Å². The van der Waals surface area contributed by atoms with Crippen LogP contribution >= 0.6 is 0 Å². The topological polar surface area (TPSA) is 40.5 Å². The van der Waals surface area contributed by atoms with Crippen molar-refractivity contribution in [1.29, 1.82) is 0 Å². The predicted molar refractivity (Wildman–Crippen MR) is 83.6 cm³/mol. The standard InChI is InChI=1S/C17H21NO2/c1-12(2)10-11-18(3)16-9-8-15(17(19)20)13-6-4-5-7-14(13)16/h4-9,12H,10-11H2,1-3H3,(H,19,20). The smallest absolute Gasteiger partial charge is 0.336 e. The number of benzene rings is 2. The summed E-state index contributed by atoms with van der Waals surface area (Å²) in [5.41, 5.74) is 1.45. The third kappa shape index (κ3) is 2.93. The Morgan fingerprint density at radius 1 is 1.15 bits per heavy atom. The lowest BCUT2D eigenvalue weighted by Crippen LogP contribution is -2.20. The van der Waals surface area contributed by atoms with Crippen LogP contribution in [0.25, 0.3) is 10.8 Å². The Labute approximate surface area is 119 Å². The maximum absolute atomic E-state index is 11.3. The molecule has 0 bridgehead atoms. The largest absolute Gasteiger partial charge is 0.478 e. The molecule has 0 aliphatic carbocycles. The molecule has 0 aliphatic heterocycles. The minimum atomic E-state index is -0.877. The Morgan fingerprint density at radius 3 is 2.40 bits per heavy atom. The van der Waals surface area contributed by atoms with Crippen molar-refractivity contribution in [2.24, 2.45) is 5.92 Å². The van der Waals surface area contributed by atoms with Gasteiger partial charge in [-0.15, -0.1) is 0 Å². The van der Waals surface area contributed by atoms with Gasteiger partial charge in [-0.05, 0) is 29.9 Å². The first kappa shape index (κ1) is 14.4. The zero-order chi connectivity index (χ0) is 14.7. The van der Waals surface area contributed by atoms with Crippen molar-refractivity contribution in [1.82, 2.24) is 0 Å². The number of hydrogen-bond donors (Lipinski definition) is 1. The molecule has 1 N–H and O–H groups in total. The monoisotopic (exact) mass is 271 g/mol. The van der Waals surface area contributed by atoms with E-state index in [0.29, 0.717) is 11.5 Å². The van der Waals surface area contributed by atoms with E-state index in [2.05, 4.69) is 25.8 Å². The Bertz CT molecular complexity index is 619. The highest BCUT2D eigenvalue weighted by atomic mass is 16.4. The molecule has 0 aromatic heterocycles. The maximum Gasteiger partial charge on any atom is 0.336 e. The van der Waals surface area contributed by atoms with Crippen LogP contribution in [0, 0.1) is 5.92 Å². The van der Waals surface area contributed by atoms with Crippen molar-refractivity contribution in [2.75, 3.05) is 18.5 Å². The number of fused-ring (bicyclic) bond motifs is 1. The Kier molecular flexibility index (Phi) is 4.28. The summed E-state index contributed by atoms with van der Waals surface area (Å²) in [6, 6.07) is 11.3. The lowest BCUT2D eigenvalue weighted by atomic mass is 10.0. The van der Waals surface area contributed by atoms with E-state index in [0.717, 1.165) is 29.4 Å². The fourth-order valence-electron chi connectivity index (χ4n) is 2.37. The molecule has 0 heterocycles. The Balaban J connectivity index is 2.45. The molecular formula is C17H21NO2. The van der Waals surface area contributed by atoms with Gasteiger partial charge in [0, 0.05) is 24.7 Å². The molecule has 20 heavy (non-hydrogen) atoms. The lowest BCUT2D eigenvalue weighted by molar-refractivity contribution is 0.0699. The molecule has 0 saturated carbocycles. The zero-order valence-electron chi connectivity index (χ0n) is 12.3. The molecule has 0 spiro atoms. The van der Waals surface area contributed by atoms with Crippen LogP contribution in [-0.4, -0.2) is 24.7 Å². The highest BCUT2D eigenvalue weighted by molar-refractivity contribution is 6.07. The summed E-state index contributed by atoms with van der Waals surface area (Å²) in [5, 5.41) is 11.1. The van der Waals surface area contributed by atoms with Gasteiger partial charge in [-0.1, -0.05) is 38.1 Å². The SMILES string of the molecule is CC(C)CCN(C)c1ccc(C(=O)O)c2ccccc12. The molecule has 0 fully saturated rings. The van der Waals surface area contributed by atoms with Gasteiger partial charge in [-0.3, -0.25) is 0 Å². The number of carboxylic acids is 1. The van der Waals surface area contributed by atoms with Gasteiger partial charge in [0.1, 0.15) is 0 Å². The van der Waals surface area contributed by atoms with E-state index in [1.807, 2.05) is 30.3 Å². The minimum absolute atomic E-state index is 0.363. The van der Waals surface area contributed by atoms with Crippen LogP contribution in [0.3, 0.4) is 0 Å². The van der Waals surface area contributed by atoms with E-state index in [9.17, 15) is 9.90 Å². The zero-order valence-corrected chi connectivity index (χ0v) is 12.3. The fraction of sp³-hybridized carbons (Fsp3) is 0.353. The van der Waals surface area contributed by atoms with Crippen molar-refractivity contribution in [3.63, 3.8) is 0 Å². The Morgan fingerprint density at radius 2 is 1.80 bits per heavy atom. The van der Waals surface area contributed by atoms with Crippen LogP contribution in [0.5, 0.6) is 0 Å². The number of nitrogens with zero attached hydrogens (tertiary/aromatic N) is 1. The summed E-state index contributed by atoms with van der Waals surface area (Å²) in [5.74, 6) is -0.223. The highest BCUT2D eigenvalue weighted by Gasteiger charge is 2.13. The molecule has 2 rings (SSSR count). The average molecular weight is 271 g/mol. The Hall–Kier alpha value is -2.03. The number of aromatic carboxylic acids is 1. The van der Waals surface area contributed by atoms with Crippen molar-refractivity contribution < 1.29 is 9.90 Å². The van der Waals surface area contributed by atoms with Crippen LogP contribution < -0.4 is 4.90 Å². The van der Waals surface area contributed by atoms with Gasteiger partial charge in [0.25, 0.3) is 0 Å². The van der Waals surface area contributed by atoms with Crippen LogP contribution in [0.15, 0.2) is 36.4 Å². The third-order valence-corrected chi connectivity index (χ3v) is 3.58. The van der Waals surface area contributed by atoms with Crippen molar-refractivity contribution >= 4 is 22.4 Å². The van der Waals surface area contributed by atoms with Crippen LogP contribution in [-0.2, 0) is 0 Å². The van der Waals surface area contributed by atoms with Crippen LogP contribution in [0.2, 0.25) is 0 Å². The number of anilines is 1. The second-order valence-electron chi connectivity index (χ2n) is 5.59. The highest BCUT2D eigenvalue weighted by Crippen LogP contribution is 2.29. The van der Waals surface area contributed by atoms with E-state index in [1.54, 1.807) is 6.07 Å². The summed E-state index contributed by atoms with van der Waals surface area (Å²) in [4.78, 5) is 13.5. The molecule has 0 amide bonds. The average Bonchev–Trinajstić information content (AvgIpc) is 2.43. The van der Waals surface area contributed by atoms with E-state index in [-0.39, 0.29) is 0 Å². The minimum Gasteiger partial charge on any atom is -0.478 e. The molecule has 2 aromatic carbocycles. The molecular weight excluding hydrogens is 250 g/mol. The third-order valence-electron chi connectivity index (χ3n) is 3.58. The summed E-state index contributed by atoms with van der Waals surface area (Å²) in [6.07, 6.45) is 1.12. The molecule has 0 saturated heterocycles. The van der Waals surface area contributed by atoms with Gasteiger partial charge in [-0.25, -0.2) is 4.79 Å². The van der Waals surface area contributed by atoms with Crippen LogP contribution in [0.1, 0.15) is 30.6 Å². The normalized spacial score (nSPS) is 11.0. The predicted octanol–water partition coefficient (Wildman–Crippen LogP) is 4.02. The lowest BCUT2D eigenvalue weighted by Gasteiger charge is -2.22. The number of rotatable bonds is 5. The van der Waals surface area contributed by atoms with Gasteiger partial charge in [0.2, 0.25) is 0 Å². The molecule has 0 aliphatic rings. The van der Waals surface area contributed by atoms with E-state index in [4.69, 9.17) is 0 Å². The number of carbonyl (C=O) groups is 1. The van der Waals surface area contributed by atoms with Gasteiger partial charge < -0.3 is 10.0 Å². The first-order chi connectivity index (χ1) is 9.50. The molecule has 0 radical (unpaired) electrons. The van der Waals surface area contributed by atoms with Crippen LogP contribution in [0.4, 0.5) is 5.69 Å². The first-order valence-electron chi connectivity index (χ1n) is 6.97. The quantitative estimate of drug-likeness (QED) is 0.893. The van der Waals surface area contributed by atoms with Gasteiger partial charge in [-0.2, -0.15) is 0 Å². The van der Waals surface area contributed by atoms with E-state index < -0.39 is 5.97 Å². The summed E-state index contributed by atoms with van der Waals surface area (Å²) >= 11 is 0. The van der Waals surface area contributed by atoms with E-state index in [1.165, 1.54) is 0 Å². The second kappa shape index (κ2) is 5.95. The molecule has 0 atom stereocenters. The first-order valence-corrected chi connectivity index (χ1v) is 6.97. The number of carboxylic acid groups (broad SMARTS) is 1. The summed E-state index contributed by atoms with van der Waals surface area (Å²) in [6.45, 7) is 5.38.